The summed E-state index contributed by atoms with van der Waals surface area (Å²) in [4.78, 5) is 31.8. The molecule has 4 rings (SSSR count). The average Bonchev–Trinajstić information content (AvgIpc) is 3.09. The second-order valence-corrected chi connectivity index (χ2v) is 9.77. The van der Waals surface area contributed by atoms with Crippen LogP contribution in [0.25, 0.3) is 6.08 Å². The summed E-state index contributed by atoms with van der Waals surface area (Å²) in [6, 6.07) is 11.7. The number of halogens is 2. The predicted molar refractivity (Wildman–Crippen MR) is 134 cm³/mol. The molecule has 0 saturated carbocycles. The molecule has 1 aromatic heterocycles. The minimum Gasteiger partial charge on any atom is -0.497 e. The van der Waals surface area contributed by atoms with E-state index in [0.29, 0.717) is 42.0 Å². The quantitative estimate of drug-likeness (QED) is 0.468. The highest BCUT2D eigenvalue weighted by atomic mass is 35.5. The van der Waals surface area contributed by atoms with Crippen molar-refractivity contribution in [3.05, 3.63) is 94.6 Å². The molecule has 6 nitrogen and oxygen atoms in total. The highest BCUT2D eigenvalue weighted by molar-refractivity contribution is 7.07. The molecule has 2 aromatic carbocycles. The van der Waals surface area contributed by atoms with Gasteiger partial charge in [0.2, 0.25) is 0 Å². The molecule has 1 aliphatic heterocycles. The molecule has 34 heavy (non-hydrogen) atoms. The number of ether oxygens (including phenoxy) is 2. The van der Waals surface area contributed by atoms with Crippen molar-refractivity contribution in [3.8, 4) is 5.75 Å². The summed E-state index contributed by atoms with van der Waals surface area (Å²) >= 11 is 13.9. The number of rotatable bonds is 5. The average molecular weight is 517 g/mol. The van der Waals surface area contributed by atoms with Crippen molar-refractivity contribution >= 4 is 46.6 Å². The first-order valence-corrected chi connectivity index (χ1v) is 12.1. The lowest BCUT2D eigenvalue weighted by atomic mass is 9.96. The van der Waals surface area contributed by atoms with Crippen LogP contribution >= 0.6 is 34.5 Å². The van der Waals surface area contributed by atoms with Gasteiger partial charge in [-0.05, 0) is 56.7 Å². The first-order chi connectivity index (χ1) is 16.2. The van der Waals surface area contributed by atoms with E-state index in [4.69, 9.17) is 32.7 Å². The summed E-state index contributed by atoms with van der Waals surface area (Å²) in [7, 11) is 1.58. The van der Waals surface area contributed by atoms with Crippen LogP contribution in [0, 0.1) is 0 Å². The third-order valence-corrected chi connectivity index (χ3v) is 6.93. The van der Waals surface area contributed by atoms with Crippen molar-refractivity contribution < 1.29 is 14.3 Å². The second kappa shape index (κ2) is 9.78. The van der Waals surface area contributed by atoms with E-state index in [2.05, 4.69) is 4.99 Å². The third kappa shape index (κ3) is 4.56. The summed E-state index contributed by atoms with van der Waals surface area (Å²) < 4.78 is 12.7. The molecule has 0 unspecified atom stereocenters. The number of aromatic nitrogens is 1. The van der Waals surface area contributed by atoms with E-state index in [1.165, 1.54) is 15.9 Å². The lowest BCUT2D eigenvalue weighted by Gasteiger charge is -2.25. The molecular formula is C25H22Cl2N2O4S. The summed E-state index contributed by atoms with van der Waals surface area (Å²) in [6.07, 6.45) is 1.33. The molecule has 0 fully saturated rings. The Morgan fingerprint density at radius 1 is 1.15 bits per heavy atom. The Morgan fingerprint density at radius 3 is 2.38 bits per heavy atom. The van der Waals surface area contributed by atoms with Gasteiger partial charge in [-0.3, -0.25) is 9.36 Å². The van der Waals surface area contributed by atoms with Crippen LogP contribution in [0.15, 0.2) is 63.5 Å². The molecule has 0 N–H and O–H groups in total. The van der Waals surface area contributed by atoms with E-state index in [-0.39, 0.29) is 11.7 Å². The number of benzene rings is 2. The maximum Gasteiger partial charge on any atom is 0.338 e. The zero-order chi connectivity index (χ0) is 24.6. The van der Waals surface area contributed by atoms with Crippen LogP contribution in [0.5, 0.6) is 5.75 Å². The number of thiazole rings is 1. The normalized spacial score (nSPS) is 15.9. The molecule has 0 spiro atoms. The topological polar surface area (TPSA) is 69.9 Å². The number of hydrogen-bond acceptors (Lipinski definition) is 6. The van der Waals surface area contributed by atoms with Gasteiger partial charge in [-0.1, -0.05) is 52.7 Å². The van der Waals surface area contributed by atoms with Crippen LogP contribution < -0.4 is 19.6 Å². The molecule has 0 saturated heterocycles. The van der Waals surface area contributed by atoms with E-state index < -0.39 is 12.0 Å². The Kier molecular flexibility index (Phi) is 6.98. The molecule has 2 heterocycles. The van der Waals surface area contributed by atoms with Crippen molar-refractivity contribution in [2.45, 2.75) is 32.9 Å². The maximum atomic E-state index is 13.6. The Morgan fingerprint density at radius 2 is 1.79 bits per heavy atom. The first-order valence-electron chi connectivity index (χ1n) is 10.5. The molecule has 3 aromatic rings. The molecule has 9 heteroatoms. The van der Waals surface area contributed by atoms with Gasteiger partial charge >= 0.3 is 5.97 Å². The van der Waals surface area contributed by atoms with Crippen molar-refractivity contribution in [1.29, 1.82) is 0 Å². The van der Waals surface area contributed by atoms with Gasteiger partial charge in [-0.15, -0.1) is 0 Å². The van der Waals surface area contributed by atoms with Gasteiger partial charge in [0, 0.05) is 15.6 Å². The maximum absolute atomic E-state index is 13.6. The summed E-state index contributed by atoms with van der Waals surface area (Å²) in [5.74, 6) is 0.150. The molecule has 0 bridgehead atoms. The number of methoxy groups -OCH3 is 1. The molecule has 0 amide bonds. The number of carbonyl (C=O) groups is 1. The number of carbonyl (C=O) groups excluding carboxylic acids is 1. The van der Waals surface area contributed by atoms with E-state index in [0.717, 1.165) is 5.56 Å². The molecule has 0 radical (unpaired) electrons. The van der Waals surface area contributed by atoms with E-state index in [1.807, 2.05) is 12.1 Å². The van der Waals surface area contributed by atoms with Crippen LogP contribution in [-0.4, -0.2) is 23.8 Å². The van der Waals surface area contributed by atoms with Crippen molar-refractivity contribution in [3.63, 3.8) is 0 Å². The van der Waals surface area contributed by atoms with Gasteiger partial charge < -0.3 is 9.47 Å². The van der Waals surface area contributed by atoms with E-state index in [9.17, 15) is 9.59 Å². The Labute approximate surface area is 210 Å². The van der Waals surface area contributed by atoms with Crippen LogP contribution in [-0.2, 0) is 9.53 Å². The fraction of sp³-hybridized carbons (Fsp3) is 0.240. The van der Waals surface area contributed by atoms with Gasteiger partial charge in [0.25, 0.3) is 5.56 Å². The van der Waals surface area contributed by atoms with Crippen LogP contribution in [0.4, 0.5) is 0 Å². The molecular weight excluding hydrogens is 495 g/mol. The smallest absolute Gasteiger partial charge is 0.338 e. The van der Waals surface area contributed by atoms with Crippen LogP contribution in [0.3, 0.4) is 0 Å². The largest absolute Gasteiger partial charge is 0.497 e. The van der Waals surface area contributed by atoms with Gasteiger partial charge in [0.1, 0.15) is 5.75 Å². The minimum absolute atomic E-state index is 0.303. The molecule has 0 aliphatic carbocycles. The van der Waals surface area contributed by atoms with Gasteiger partial charge in [0.15, 0.2) is 4.80 Å². The van der Waals surface area contributed by atoms with Crippen molar-refractivity contribution in [2.75, 3.05) is 7.11 Å². The van der Waals surface area contributed by atoms with Gasteiger partial charge in [0.05, 0.1) is 35.1 Å². The summed E-state index contributed by atoms with van der Waals surface area (Å²) in [5, 5.41) is 0.866. The van der Waals surface area contributed by atoms with Gasteiger partial charge in [-0.2, -0.15) is 0 Å². The van der Waals surface area contributed by atoms with E-state index in [1.54, 1.807) is 64.3 Å². The second-order valence-electron chi connectivity index (χ2n) is 7.94. The number of nitrogens with zero attached hydrogens (tertiary/aromatic N) is 2. The Hall–Kier alpha value is -2.87. The van der Waals surface area contributed by atoms with Crippen LogP contribution in [0.2, 0.25) is 10.0 Å². The Balaban J connectivity index is 1.97. The fourth-order valence-corrected chi connectivity index (χ4v) is 5.28. The fourth-order valence-electron chi connectivity index (χ4n) is 3.74. The molecule has 1 aliphatic rings. The zero-order valence-electron chi connectivity index (χ0n) is 19.0. The van der Waals surface area contributed by atoms with Crippen molar-refractivity contribution in [2.24, 2.45) is 4.99 Å². The standard InChI is InChI=1S/C25H22Cl2N2O4S/c1-13(2)33-24(31)21-14(3)28-25-29(22(21)15-8-10-16(32-4)11-9-15)23(30)20(34-25)12-17-18(26)6-5-7-19(17)27/h5-13,22H,1-4H3/b20-12+/t22-/m0/s1. The Bertz CT molecular complexity index is 1450. The minimum atomic E-state index is -0.711. The summed E-state index contributed by atoms with van der Waals surface area (Å²) in [6.45, 7) is 5.30. The SMILES string of the molecule is COc1ccc([C@H]2C(C(=O)OC(C)C)=C(C)N=c3s/c(=C/c4c(Cl)cccc4Cl)c(=O)n32)cc1. The van der Waals surface area contributed by atoms with Crippen molar-refractivity contribution in [1.82, 2.24) is 4.57 Å². The monoisotopic (exact) mass is 516 g/mol. The number of fused-ring (bicyclic) bond motifs is 1. The highest BCUT2D eigenvalue weighted by Gasteiger charge is 2.33. The zero-order valence-corrected chi connectivity index (χ0v) is 21.3. The lowest BCUT2D eigenvalue weighted by Crippen LogP contribution is -2.40. The highest BCUT2D eigenvalue weighted by Crippen LogP contribution is 2.32. The number of allylic oxidation sites excluding steroid dienone is 1. The molecule has 1 atom stereocenters. The molecule has 176 valence electrons. The van der Waals surface area contributed by atoms with E-state index >= 15 is 0 Å². The first kappa shape index (κ1) is 24.3. The lowest BCUT2D eigenvalue weighted by molar-refractivity contribution is -0.143. The van der Waals surface area contributed by atoms with Crippen LogP contribution in [0.1, 0.15) is 37.9 Å². The number of esters is 1. The number of hydrogen-bond donors (Lipinski definition) is 0. The predicted octanol–water partition coefficient (Wildman–Crippen LogP) is 4.50. The third-order valence-electron chi connectivity index (χ3n) is 5.29. The summed E-state index contributed by atoms with van der Waals surface area (Å²) in [5.41, 5.74) is 1.79. The van der Waals surface area contributed by atoms with Gasteiger partial charge in [-0.25, -0.2) is 9.79 Å².